The van der Waals surface area contributed by atoms with Gasteiger partial charge in [-0.05, 0) is 20.8 Å². The summed E-state index contributed by atoms with van der Waals surface area (Å²) in [6.07, 6.45) is 1.32. The Hall–Kier alpha value is -1.91. The van der Waals surface area contributed by atoms with Crippen molar-refractivity contribution in [3.05, 3.63) is 38.8 Å². The first-order chi connectivity index (χ1) is 13.4. The molecule has 0 saturated carbocycles. The molecule has 12 heteroatoms. The zero-order valence-corrected chi connectivity index (χ0v) is 16.8. The Labute approximate surface area is 162 Å². The molecule has 3 heterocycles. The number of nitrogens with zero attached hydrogens (tertiary/aromatic N) is 4. The number of aromatic amines is 1. The van der Waals surface area contributed by atoms with E-state index < -0.39 is 38.1 Å². The van der Waals surface area contributed by atoms with Crippen LogP contribution in [0.2, 0.25) is 0 Å². The lowest BCUT2D eigenvalue weighted by Gasteiger charge is -2.16. The molecule has 3 rings (SSSR count). The molecular weight excluding hydrogens is 389 g/mol. The van der Waals surface area contributed by atoms with Crippen molar-refractivity contribution in [3.8, 4) is 0 Å². The number of H-pyrrole nitrogens is 1. The topological polar surface area (TPSA) is 133 Å². The van der Waals surface area contributed by atoms with Crippen molar-refractivity contribution in [2.45, 2.75) is 52.2 Å². The van der Waals surface area contributed by atoms with Gasteiger partial charge in [0.1, 0.15) is 12.3 Å². The maximum Gasteiger partial charge on any atom is 0.330 e. The van der Waals surface area contributed by atoms with Crippen LogP contribution in [0, 0.1) is 6.92 Å². The minimum Gasteiger partial charge on any atom is -0.390 e. The molecule has 2 aromatic rings. The summed E-state index contributed by atoms with van der Waals surface area (Å²) in [5.74, 6) is 0. The Morgan fingerprint density at radius 2 is 2.04 bits per heavy atom. The fourth-order valence-electron chi connectivity index (χ4n) is 2.90. The van der Waals surface area contributed by atoms with Gasteiger partial charge in [-0.3, -0.25) is 14.3 Å². The molecule has 154 valence electrons. The summed E-state index contributed by atoms with van der Waals surface area (Å²) in [7, 11) is -1.30. The molecule has 11 nitrogen and oxygen atoms in total. The SMILES string of the molecule is CCOP(OCC)c1cn(CC2O[C@@H](n3cc(C)c(=O)[nH]c3=O)C[C@H]2O)nn1. The molecule has 1 aliphatic rings. The minimum absolute atomic E-state index is 0.224. The number of hydrogen-bond donors (Lipinski definition) is 2. The summed E-state index contributed by atoms with van der Waals surface area (Å²) in [4.78, 5) is 25.8. The summed E-state index contributed by atoms with van der Waals surface area (Å²) < 4.78 is 19.8. The van der Waals surface area contributed by atoms with Crippen molar-refractivity contribution in [1.82, 2.24) is 24.5 Å². The molecule has 3 atom stereocenters. The average molecular weight is 413 g/mol. The maximum atomic E-state index is 12.0. The fraction of sp³-hybridized carbons (Fsp3) is 0.625. The lowest BCUT2D eigenvalue weighted by molar-refractivity contribution is -0.0302. The Kier molecular flexibility index (Phi) is 6.73. The second-order valence-corrected chi connectivity index (χ2v) is 7.79. The van der Waals surface area contributed by atoms with E-state index in [1.807, 2.05) is 13.8 Å². The Bertz CT molecular complexity index is 905. The van der Waals surface area contributed by atoms with Crippen LogP contribution >= 0.6 is 8.38 Å². The highest BCUT2D eigenvalue weighted by Gasteiger charge is 2.36. The van der Waals surface area contributed by atoms with Gasteiger partial charge in [-0.25, -0.2) is 9.48 Å². The molecule has 0 radical (unpaired) electrons. The fourth-order valence-corrected chi connectivity index (χ4v) is 4.05. The van der Waals surface area contributed by atoms with Gasteiger partial charge in [0.25, 0.3) is 5.56 Å². The third kappa shape index (κ3) is 4.56. The quantitative estimate of drug-likeness (QED) is 0.568. The summed E-state index contributed by atoms with van der Waals surface area (Å²) >= 11 is 0. The number of aliphatic hydroxyl groups is 1. The lowest BCUT2D eigenvalue weighted by Crippen LogP contribution is -2.33. The number of ether oxygens (including phenoxy) is 1. The highest BCUT2D eigenvalue weighted by atomic mass is 31.2. The highest BCUT2D eigenvalue weighted by Crippen LogP contribution is 2.36. The van der Waals surface area contributed by atoms with Gasteiger partial charge in [-0.2, -0.15) is 0 Å². The molecule has 0 aliphatic carbocycles. The first kappa shape index (κ1) is 20.8. The molecule has 2 N–H and O–H groups in total. The number of aromatic nitrogens is 5. The molecule has 0 spiro atoms. The predicted octanol–water partition coefficient (Wildman–Crippen LogP) is -0.205. The molecule has 1 unspecified atom stereocenters. The predicted molar refractivity (Wildman–Crippen MR) is 100 cm³/mol. The van der Waals surface area contributed by atoms with Crippen LogP contribution in [0.25, 0.3) is 0 Å². The van der Waals surface area contributed by atoms with Crippen molar-refractivity contribution in [1.29, 1.82) is 0 Å². The maximum absolute atomic E-state index is 12.0. The van der Waals surface area contributed by atoms with Crippen LogP contribution in [0.3, 0.4) is 0 Å². The van der Waals surface area contributed by atoms with Crippen LogP contribution in [-0.2, 0) is 20.3 Å². The number of hydrogen-bond acceptors (Lipinski definition) is 8. The van der Waals surface area contributed by atoms with E-state index in [-0.39, 0.29) is 13.0 Å². The number of aliphatic hydroxyl groups excluding tert-OH is 1. The summed E-state index contributed by atoms with van der Waals surface area (Å²) in [6, 6.07) is 0. The monoisotopic (exact) mass is 413 g/mol. The van der Waals surface area contributed by atoms with Gasteiger partial charge in [0.2, 0.25) is 8.38 Å². The third-order valence-electron chi connectivity index (χ3n) is 4.23. The van der Waals surface area contributed by atoms with Crippen LogP contribution in [-0.4, -0.2) is 55.1 Å². The van der Waals surface area contributed by atoms with E-state index in [1.165, 1.54) is 10.8 Å². The van der Waals surface area contributed by atoms with Crippen molar-refractivity contribution in [3.63, 3.8) is 0 Å². The third-order valence-corrected chi connectivity index (χ3v) is 5.80. The van der Waals surface area contributed by atoms with E-state index in [2.05, 4.69) is 15.3 Å². The van der Waals surface area contributed by atoms with E-state index in [4.69, 9.17) is 13.8 Å². The van der Waals surface area contributed by atoms with Crippen LogP contribution in [0.1, 0.15) is 32.1 Å². The Balaban J connectivity index is 1.70. The van der Waals surface area contributed by atoms with Gasteiger partial charge in [0.05, 0.1) is 32.1 Å². The average Bonchev–Trinajstić information content (AvgIpc) is 3.25. The molecule has 0 bridgehead atoms. The zero-order valence-electron chi connectivity index (χ0n) is 15.9. The standard InChI is InChI=1S/C16H24N5O6P/c1-4-25-28(26-5-2)13-9-20(19-18-13)8-12-11(22)6-14(27-12)21-7-10(3)15(23)17-16(21)24/h7,9,11-12,14,22H,4-6,8H2,1-3H3,(H,17,23,24)/t11-,12?,14-/m1/s1. The largest absolute Gasteiger partial charge is 0.390 e. The van der Waals surface area contributed by atoms with Crippen LogP contribution in [0.4, 0.5) is 0 Å². The Morgan fingerprint density at radius 3 is 2.71 bits per heavy atom. The molecule has 1 saturated heterocycles. The van der Waals surface area contributed by atoms with Gasteiger partial charge < -0.3 is 18.9 Å². The Morgan fingerprint density at radius 1 is 1.32 bits per heavy atom. The van der Waals surface area contributed by atoms with Crippen molar-refractivity contribution in [2.75, 3.05) is 13.2 Å². The molecule has 0 amide bonds. The second-order valence-electron chi connectivity index (χ2n) is 6.30. The molecule has 1 fully saturated rings. The minimum atomic E-state index is -1.30. The van der Waals surface area contributed by atoms with Crippen LogP contribution in [0.5, 0.6) is 0 Å². The smallest absolute Gasteiger partial charge is 0.330 e. The van der Waals surface area contributed by atoms with Gasteiger partial charge in [-0.1, -0.05) is 5.21 Å². The van der Waals surface area contributed by atoms with E-state index in [9.17, 15) is 14.7 Å². The van der Waals surface area contributed by atoms with Gasteiger partial charge in [0.15, 0.2) is 5.44 Å². The van der Waals surface area contributed by atoms with Crippen molar-refractivity contribution in [2.24, 2.45) is 0 Å². The van der Waals surface area contributed by atoms with Crippen molar-refractivity contribution < 1.29 is 18.9 Å². The van der Waals surface area contributed by atoms with Crippen LogP contribution in [0.15, 0.2) is 22.0 Å². The summed E-state index contributed by atoms with van der Waals surface area (Å²) in [5, 5.41) is 18.5. The van der Waals surface area contributed by atoms with E-state index in [0.717, 1.165) is 0 Å². The summed E-state index contributed by atoms with van der Waals surface area (Å²) in [5.41, 5.74) is -0.0281. The van der Waals surface area contributed by atoms with Gasteiger partial charge >= 0.3 is 5.69 Å². The normalized spacial score (nSPS) is 22.2. The first-order valence-electron chi connectivity index (χ1n) is 9.04. The number of rotatable bonds is 8. The van der Waals surface area contributed by atoms with E-state index in [1.54, 1.807) is 17.8 Å². The molecule has 2 aromatic heterocycles. The molecule has 1 aliphatic heterocycles. The van der Waals surface area contributed by atoms with Gasteiger partial charge in [0, 0.05) is 18.2 Å². The zero-order chi connectivity index (χ0) is 20.3. The molecule has 0 aromatic carbocycles. The first-order valence-corrected chi connectivity index (χ1v) is 10.2. The molecule has 28 heavy (non-hydrogen) atoms. The van der Waals surface area contributed by atoms with E-state index in [0.29, 0.717) is 24.2 Å². The number of aryl methyl sites for hydroxylation is 1. The number of nitrogens with one attached hydrogen (secondary N) is 1. The van der Waals surface area contributed by atoms with Crippen LogP contribution < -0.4 is 16.7 Å². The molecular formula is C16H24N5O6P. The lowest BCUT2D eigenvalue weighted by atomic mass is 10.2. The van der Waals surface area contributed by atoms with Gasteiger partial charge in [-0.15, -0.1) is 5.10 Å². The van der Waals surface area contributed by atoms with E-state index >= 15 is 0 Å². The van der Waals surface area contributed by atoms with Crippen molar-refractivity contribution >= 4 is 13.8 Å². The summed E-state index contributed by atoms with van der Waals surface area (Å²) in [6.45, 7) is 6.60. The second kappa shape index (κ2) is 9.06. The highest BCUT2D eigenvalue weighted by molar-refractivity contribution is 7.55.